The fraction of sp³-hybridized carbons (Fsp3) is 0.462. The largest absolute Gasteiger partial charge is 0.311 e. The summed E-state index contributed by atoms with van der Waals surface area (Å²) in [4.78, 5) is 13.9. The van der Waals surface area contributed by atoms with Gasteiger partial charge in [-0.25, -0.2) is 4.39 Å². The lowest BCUT2D eigenvalue weighted by atomic mass is 10.0. The first kappa shape index (κ1) is 12.0. The molecule has 0 radical (unpaired) electrons. The molecule has 0 aliphatic carbocycles. The van der Waals surface area contributed by atoms with Crippen LogP contribution in [0.5, 0.6) is 0 Å². The lowest BCUT2D eigenvalue weighted by Gasteiger charge is -2.32. The molecule has 1 amide bonds. The van der Waals surface area contributed by atoms with Crippen LogP contribution in [0.3, 0.4) is 0 Å². The molecule has 3 nitrogen and oxygen atoms in total. The van der Waals surface area contributed by atoms with Crippen molar-refractivity contribution in [3.63, 3.8) is 0 Å². The standard InChI is InChI=1S/C13H17FN2O/c1-9-8-10(5-6-11(9)14)16-7-3-4-12(15-2)13(16)17/h5-6,8,12,15H,3-4,7H2,1-2H3. The van der Waals surface area contributed by atoms with Crippen molar-refractivity contribution in [2.45, 2.75) is 25.8 Å². The van der Waals surface area contributed by atoms with E-state index in [-0.39, 0.29) is 17.8 Å². The molecule has 1 unspecified atom stereocenters. The molecular weight excluding hydrogens is 219 g/mol. The number of hydrogen-bond donors (Lipinski definition) is 1. The van der Waals surface area contributed by atoms with E-state index in [9.17, 15) is 9.18 Å². The first-order valence-electron chi connectivity index (χ1n) is 5.88. The normalized spacial score (nSPS) is 20.8. The van der Waals surface area contributed by atoms with Crippen LogP contribution >= 0.6 is 0 Å². The zero-order valence-corrected chi connectivity index (χ0v) is 10.2. The van der Waals surface area contributed by atoms with E-state index < -0.39 is 0 Å². The molecule has 1 heterocycles. The zero-order valence-electron chi connectivity index (χ0n) is 10.2. The number of likely N-dealkylation sites (N-methyl/N-ethyl adjacent to an activating group) is 1. The maximum atomic E-state index is 13.2. The molecule has 1 atom stereocenters. The van der Waals surface area contributed by atoms with E-state index in [1.54, 1.807) is 31.0 Å². The molecule has 1 saturated heterocycles. The van der Waals surface area contributed by atoms with Gasteiger partial charge in [0.2, 0.25) is 5.91 Å². The number of amides is 1. The summed E-state index contributed by atoms with van der Waals surface area (Å²) in [5.41, 5.74) is 1.36. The quantitative estimate of drug-likeness (QED) is 0.850. The Bertz CT molecular complexity index is 433. The van der Waals surface area contributed by atoms with Crippen LogP contribution in [0, 0.1) is 12.7 Å². The minimum atomic E-state index is -0.233. The van der Waals surface area contributed by atoms with E-state index in [2.05, 4.69) is 5.32 Å². The van der Waals surface area contributed by atoms with Crippen molar-refractivity contribution in [3.8, 4) is 0 Å². The van der Waals surface area contributed by atoms with Crippen LogP contribution in [0.1, 0.15) is 18.4 Å². The highest BCUT2D eigenvalue weighted by atomic mass is 19.1. The minimum absolute atomic E-state index is 0.0739. The molecule has 4 heteroatoms. The van der Waals surface area contributed by atoms with Gasteiger partial charge in [-0.15, -0.1) is 0 Å². The molecule has 1 N–H and O–H groups in total. The van der Waals surface area contributed by atoms with Crippen molar-refractivity contribution in [2.75, 3.05) is 18.5 Å². The number of piperidine rings is 1. The fourth-order valence-electron chi connectivity index (χ4n) is 2.20. The van der Waals surface area contributed by atoms with E-state index in [0.717, 1.165) is 18.5 Å². The monoisotopic (exact) mass is 236 g/mol. The van der Waals surface area contributed by atoms with Gasteiger partial charge in [-0.1, -0.05) is 0 Å². The average molecular weight is 236 g/mol. The third-order valence-electron chi connectivity index (χ3n) is 3.24. The lowest BCUT2D eigenvalue weighted by Crippen LogP contribution is -2.49. The Morgan fingerprint density at radius 2 is 2.24 bits per heavy atom. The van der Waals surface area contributed by atoms with Crippen molar-refractivity contribution < 1.29 is 9.18 Å². The Hall–Kier alpha value is -1.42. The van der Waals surface area contributed by atoms with Crippen molar-refractivity contribution in [1.82, 2.24) is 5.32 Å². The van der Waals surface area contributed by atoms with Gasteiger partial charge in [0.15, 0.2) is 0 Å². The molecule has 1 aromatic rings. The first-order chi connectivity index (χ1) is 8.13. The number of nitrogens with one attached hydrogen (secondary N) is 1. The van der Waals surface area contributed by atoms with E-state index in [0.29, 0.717) is 12.1 Å². The predicted molar refractivity (Wildman–Crippen MR) is 65.6 cm³/mol. The first-order valence-corrected chi connectivity index (χ1v) is 5.88. The maximum Gasteiger partial charge on any atom is 0.244 e. The number of halogens is 1. The summed E-state index contributed by atoms with van der Waals surface area (Å²) in [6.45, 7) is 2.42. The van der Waals surface area contributed by atoms with Gasteiger partial charge in [-0.3, -0.25) is 4.79 Å². The highest BCUT2D eigenvalue weighted by Crippen LogP contribution is 2.23. The molecule has 0 aromatic heterocycles. The van der Waals surface area contributed by atoms with Crippen molar-refractivity contribution in [2.24, 2.45) is 0 Å². The van der Waals surface area contributed by atoms with Crippen LogP contribution in [0.15, 0.2) is 18.2 Å². The van der Waals surface area contributed by atoms with E-state index in [1.165, 1.54) is 6.07 Å². The molecule has 0 saturated carbocycles. The lowest BCUT2D eigenvalue weighted by molar-refractivity contribution is -0.121. The molecule has 0 bridgehead atoms. The van der Waals surface area contributed by atoms with Gasteiger partial charge in [0.25, 0.3) is 0 Å². The number of nitrogens with zero attached hydrogens (tertiary/aromatic N) is 1. The molecule has 1 aliphatic rings. The molecule has 1 aromatic carbocycles. The molecule has 1 aliphatic heterocycles. The minimum Gasteiger partial charge on any atom is -0.311 e. The van der Waals surface area contributed by atoms with Crippen LogP contribution in [0.4, 0.5) is 10.1 Å². The van der Waals surface area contributed by atoms with E-state index in [1.807, 2.05) is 0 Å². The van der Waals surface area contributed by atoms with Crippen LogP contribution in [-0.2, 0) is 4.79 Å². The Labute approximate surface area is 101 Å². The van der Waals surface area contributed by atoms with Crippen LogP contribution < -0.4 is 10.2 Å². The summed E-state index contributed by atoms with van der Waals surface area (Å²) in [7, 11) is 1.79. The third kappa shape index (κ3) is 2.31. The predicted octanol–water partition coefficient (Wildman–Crippen LogP) is 1.85. The Morgan fingerprint density at radius 1 is 1.47 bits per heavy atom. The number of rotatable bonds is 2. The number of benzene rings is 1. The number of hydrogen-bond acceptors (Lipinski definition) is 2. The van der Waals surface area contributed by atoms with Gasteiger partial charge >= 0.3 is 0 Å². The smallest absolute Gasteiger partial charge is 0.244 e. The van der Waals surface area contributed by atoms with Crippen LogP contribution in [0.25, 0.3) is 0 Å². The number of carbonyl (C=O) groups is 1. The summed E-state index contributed by atoms with van der Waals surface area (Å²) in [5.74, 6) is -0.159. The summed E-state index contributed by atoms with van der Waals surface area (Å²) in [6, 6.07) is 4.69. The zero-order chi connectivity index (χ0) is 12.4. The summed E-state index contributed by atoms with van der Waals surface area (Å²) in [6.07, 6.45) is 1.83. The van der Waals surface area contributed by atoms with Gasteiger partial charge in [0.1, 0.15) is 5.82 Å². The highest BCUT2D eigenvalue weighted by molar-refractivity contribution is 5.97. The second kappa shape index (κ2) is 4.84. The number of carbonyl (C=O) groups excluding carboxylic acids is 1. The van der Waals surface area contributed by atoms with Crippen LogP contribution in [0.2, 0.25) is 0 Å². The number of anilines is 1. The van der Waals surface area contributed by atoms with Gasteiger partial charge in [0.05, 0.1) is 6.04 Å². The summed E-state index contributed by atoms with van der Waals surface area (Å²) < 4.78 is 13.2. The van der Waals surface area contributed by atoms with E-state index in [4.69, 9.17) is 0 Å². The van der Waals surface area contributed by atoms with Crippen LogP contribution in [-0.4, -0.2) is 25.5 Å². The Kier molecular flexibility index (Phi) is 3.43. The highest BCUT2D eigenvalue weighted by Gasteiger charge is 2.28. The SMILES string of the molecule is CNC1CCCN(c2ccc(F)c(C)c2)C1=O. The molecule has 92 valence electrons. The van der Waals surface area contributed by atoms with Gasteiger partial charge in [-0.05, 0) is 50.6 Å². The molecular formula is C13H17FN2O. The van der Waals surface area contributed by atoms with Crippen molar-refractivity contribution >= 4 is 11.6 Å². The topological polar surface area (TPSA) is 32.3 Å². The van der Waals surface area contributed by atoms with Gasteiger partial charge in [0, 0.05) is 12.2 Å². The summed E-state index contributed by atoms with van der Waals surface area (Å²) >= 11 is 0. The van der Waals surface area contributed by atoms with Crippen molar-refractivity contribution in [3.05, 3.63) is 29.6 Å². The second-order valence-electron chi connectivity index (χ2n) is 4.41. The average Bonchev–Trinajstić information content (AvgIpc) is 2.33. The fourth-order valence-corrected chi connectivity index (χ4v) is 2.20. The molecule has 2 rings (SSSR count). The van der Waals surface area contributed by atoms with Gasteiger partial charge in [-0.2, -0.15) is 0 Å². The molecule has 1 fully saturated rings. The second-order valence-corrected chi connectivity index (χ2v) is 4.41. The summed E-state index contributed by atoms with van der Waals surface area (Å²) in [5, 5.41) is 3.01. The molecule has 0 spiro atoms. The van der Waals surface area contributed by atoms with Crippen molar-refractivity contribution in [1.29, 1.82) is 0 Å². The Balaban J connectivity index is 2.26. The third-order valence-corrected chi connectivity index (χ3v) is 3.24. The Morgan fingerprint density at radius 3 is 2.88 bits per heavy atom. The maximum absolute atomic E-state index is 13.2. The van der Waals surface area contributed by atoms with Gasteiger partial charge < -0.3 is 10.2 Å². The molecule has 17 heavy (non-hydrogen) atoms. The number of aryl methyl sites for hydroxylation is 1. The van der Waals surface area contributed by atoms with E-state index >= 15 is 0 Å².